The summed E-state index contributed by atoms with van der Waals surface area (Å²) in [4.78, 5) is 32.4. The number of hydrogen-bond donors (Lipinski definition) is 0. The number of amides is 3. The van der Waals surface area contributed by atoms with Crippen LogP contribution >= 0.6 is 11.3 Å². The van der Waals surface area contributed by atoms with Crippen LogP contribution in [0.1, 0.15) is 37.8 Å². The van der Waals surface area contributed by atoms with Gasteiger partial charge in [0.2, 0.25) is 0 Å². The summed E-state index contributed by atoms with van der Waals surface area (Å²) in [7, 11) is 0. The molecule has 0 atom stereocenters. The van der Waals surface area contributed by atoms with Crippen molar-refractivity contribution in [3.63, 3.8) is 0 Å². The number of hydrogen-bond acceptors (Lipinski definition) is 4. The number of urea groups is 1. The molecule has 1 spiro atoms. The Balaban J connectivity index is 1.51. The van der Waals surface area contributed by atoms with Crippen LogP contribution in [0, 0.1) is 0 Å². The van der Waals surface area contributed by atoms with Gasteiger partial charge in [-0.3, -0.25) is 14.6 Å². The molecule has 2 saturated heterocycles. The third-order valence-corrected chi connectivity index (χ3v) is 6.96. The van der Waals surface area contributed by atoms with Crippen molar-refractivity contribution in [2.45, 2.75) is 51.2 Å². The highest BCUT2D eigenvalue weighted by molar-refractivity contribution is 7.07. The maximum absolute atomic E-state index is 13.4. The van der Waals surface area contributed by atoms with Crippen LogP contribution in [0.5, 0.6) is 0 Å². The minimum atomic E-state index is -0.679. The molecule has 4 rings (SSSR count). The summed E-state index contributed by atoms with van der Waals surface area (Å²) >= 11 is 1.72. The zero-order valence-electron chi connectivity index (χ0n) is 17.2. The number of nitrogens with zero attached hydrogens (tertiary/aromatic N) is 3. The molecule has 5 nitrogen and oxygen atoms in total. The highest BCUT2D eigenvalue weighted by atomic mass is 32.1. The van der Waals surface area contributed by atoms with Crippen LogP contribution in [0.4, 0.5) is 4.79 Å². The topological polar surface area (TPSA) is 43.9 Å². The van der Waals surface area contributed by atoms with Crippen molar-refractivity contribution in [1.29, 1.82) is 0 Å². The number of thiophene rings is 1. The first-order valence-corrected chi connectivity index (χ1v) is 11.4. The lowest BCUT2D eigenvalue weighted by molar-refractivity contribution is -0.136. The second-order valence-electron chi connectivity index (χ2n) is 8.38. The summed E-state index contributed by atoms with van der Waals surface area (Å²) in [5, 5.41) is 4.28. The fraction of sp³-hybridized carbons (Fsp3) is 0.478. The molecule has 3 amide bonds. The summed E-state index contributed by atoms with van der Waals surface area (Å²) in [5.41, 5.74) is 1.84. The van der Waals surface area contributed by atoms with Gasteiger partial charge in [-0.1, -0.05) is 30.3 Å². The standard InChI is InChI=1S/C23H29N3O2S/c1-18(2)26-21(27)23(10-13-24(14-11-23)16-20-9-15-29-17-20)25(22(26)28)12-8-19-6-4-3-5-7-19/h3-7,9,15,17-18H,8,10-14,16H2,1-2H3. The fourth-order valence-electron chi connectivity index (χ4n) is 4.60. The molecule has 2 fully saturated rings. The average Bonchev–Trinajstić information content (AvgIpc) is 3.29. The lowest BCUT2D eigenvalue weighted by Crippen LogP contribution is -2.56. The van der Waals surface area contributed by atoms with Gasteiger partial charge in [-0.25, -0.2) is 4.79 Å². The van der Waals surface area contributed by atoms with Crippen LogP contribution in [-0.4, -0.2) is 57.9 Å². The summed E-state index contributed by atoms with van der Waals surface area (Å²) in [6.07, 6.45) is 2.19. The van der Waals surface area contributed by atoms with E-state index < -0.39 is 5.54 Å². The number of rotatable bonds is 6. The van der Waals surface area contributed by atoms with E-state index in [2.05, 4.69) is 33.9 Å². The summed E-state index contributed by atoms with van der Waals surface area (Å²) < 4.78 is 0. The van der Waals surface area contributed by atoms with E-state index in [-0.39, 0.29) is 18.0 Å². The Hall–Kier alpha value is -2.18. The zero-order valence-corrected chi connectivity index (χ0v) is 18.0. The third kappa shape index (κ3) is 3.83. The molecular formula is C23H29N3O2S. The minimum Gasteiger partial charge on any atom is -0.309 e. The van der Waals surface area contributed by atoms with Gasteiger partial charge in [-0.2, -0.15) is 11.3 Å². The van der Waals surface area contributed by atoms with E-state index in [1.807, 2.05) is 36.9 Å². The number of piperidine rings is 1. The second kappa shape index (κ2) is 8.28. The molecule has 29 heavy (non-hydrogen) atoms. The number of likely N-dealkylation sites (tertiary alicyclic amines) is 1. The summed E-state index contributed by atoms with van der Waals surface area (Å²) in [5.74, 6) is 0.000690. The van der Waals surface area contributed by atoms with E-state index in [0.29, 0.717) is 19.4 Å². The Morgan fingerprint density at radius 3 is 2.38 bits per heavy atom. The Morgan fingerprint density at radius 2 is 1.76 bits per heavy atom. The van der Waals surface area contributed by atoms with Gasteiger partial charge in [-0.05, 0) is 61.1 Å². The second-order valence-corrected chi connectivity index (χ2v) is 9.16. The van der Waals surface area contributed by atoms with Gasteiger partial charge in [0.15, 0.2) is 0 Å². The van der Waals surface area contributed by atoms with Crippen molar-refractivity contribution in [2.24, 2.45) is 0 Å². The third-order valence-electron chi connectivity index (χ3n) is 6.22. The molecule has 0 N–H and O–H groups in total. The van der Waals surface area contributed by atoms with Crippen LogP contribution < -0.4 is 0 Å². The van der Waals surface area contributed by atoms with E-state index in [0.717, 1.165) is 26.1 Å². The van der Waals surface area contributed by atoms with Crippen molar-refractivity contribution in [1.82, 2.24) is 14.7 Å². The van der Waals surface area contributed by atoms with E-state index in [1.54, 1.807) is 11.3 Å². The van der Waals surface area contributed by atoms with Crippen LogP contribution in [0.3, 0.4) is 0 Å². The Labute approximate surface area is 176 Å². The van der Waals surface area contributed by atoms with Crippen LogP contribution in [0.25, 0.3) is 0 Å². The molecule has 0 bridgehead atoms. The highest BCUT2D eigenvalue weighted by Gasteiger charge is 2.58. The molecule has 2 aromatic rings. The molecule has 0 unspecified atom stereocenters. The number of benzene rings is 1. The van der Waals surface area contributed by atoms with Crippen molar-refractivity contribution < 1.29 is 9.59 Å². The van der Waals surface area contributed by atoms with Gasteiger partial charge >= 0.3 is 6.03 Å². The first-order chi connectivity index (χ1) is 14.0. The van der Waals surface area contributed by atoms with Crippen molar-refractivity contribution in [3.05, 3.63) is 58.3 Å². The van der Waals surface area contributed by atoms with E-state index in [4.69, 9.17) is 0 Å². The van der Waals surface area contributed by atoms with Crippen LogP contribution in [0.2, 0.25) is 0 Å². The summed E-state index contributed by atoms with van der Waals surface area (Å²) in [6, 6.07) is 12.1. The lowest BCUT2D eigenvalue weighted by Gasteiger charge is -2.42. The molecule has 154 valence electrons. The fourth-order valence-corrected chi connectivity index (χ4v) is 5.26. The number of carbonyl (C=O) groups is 2. The predicted octanol–water partition coefficient (Wildman–Crippen LogP) is 4.00. The molecule has 0 radical (unpaired) electrons. The SMILES string of the molecule is CC(C)N1C(=O)N(CCc2ccccc2)C2(CCN(Cc3ccsc3)CC2)C1=O. The van der Waals surface area contributed by atoms with Gasteiger partial charge in [0, 0.05) is 32.2 Å². The van der Waals surface area contributed by atoms with E-state index in [9.17, 15) is 9.59 Å². The maximum Gasteiger partial charge on any atom is 0.327 e. The average molecular weight is 412 g/mol. The number of carbonyl (C=O) groups excluding carboxylic acids is 2. The Bertz CT molecular complexity index is 842. The van der Waals surface area contributed by atoms with E-state index in [1.165, 1.54) is 16.0 Å². The molecule has 2 aliphatic heterocycles. The van der Waals surface area contributed by atoms with Gasteiger partial charge in [-0.15, -0.1) is 0 Å². The predicted molar refractivity (Wildman–Crippen MR) is 116 cm³/mol. The first kappa shape index (κ1) is 20.1. The van der Waals surface area contributed by atoms with Crippen LogP contribution in [0.15, 0.2) is 47.2 Å². The van der Waals surface area contributed by atoms with Crippen molar-refractivity contribution in [2.75, 3.05) is 19.6 Å². The zero-order chi connectivity index (χ0) is 20.4. The maximum atomic E-state index is 13.4. The smallest absolute Gasteiger partial charge is 0.309 e. The highest BCUT2D eigenvalue weighted by Crippen LogP contribution is 2.38. The largest absolute Gasteiger partial charge is 0.327 e. The minimum absolute atomic E-state index is 0.000690. The normalized spacial score (nSPS) is 19.7. The van der Waals surface area contributed by atoms with Gasteiger partial charge in [0.05, 0.1) is 0 Å². The Kier molecular flexibility index (Phi) is 5.74. The molecule has 3 heterocycles. The monoisotopic (exact) mass is 411 g/mol. The molecule has 1 aromatic heterocycles. The van der Waals surface area contributed by atoms with Crippen LogP contribution in [-0.2, 0) is 17.8 Å². The van der Waals surface area contributed by atoms with E-state index >= 15 is 0 Å². The van der Waals surface area contributed by atoms with Crippen molar-refractivity contribution >= 4 is 23.3 Å². The first-order valence-electron chi connectivity index (χ1n) is 10.4. The summed E-state index contributed by atoms with van der Waals surface area (Å²) in [6.45, 7) is 7.03. The van der Waals surface area contributed by atoms with Gasteiger partial charge in [0.1, 0.15) is 5.54 Å². The van der Waals surface area contributed by atoms with Gasteiger partial charge < -0.3 is 4.90 Å². The lowest BCUT2D eigenvalue weighted by atomic mass is 9.85. The van der Waals surface area contributed by atoms with Gasteiger partial charge in [0.25, 0.3) is 5.91 Å². The molecule has 6 heteroatoms. The Morgan fingerprint density at radius 1 is 1.03 bits per heavy atom. The van der Waals surface area contributed by atoms with Crippen molar-refractivity contribution in [3.8, 4) is 0 Å². The molecule has 1 aromatic carbocycles. The molecular weight excluding hydrogens is 382 g/mol. The molecule has 0 aliphatic carbocycles. The molecule has 2 aliphatic rings. The quantitative estimate of drug-likeness (QED) is 0.675. The molecule has 0 saturated carbocycles. The number of imide groups is 1.